The van der Waals surface area contributed by atoms with Gasteiger partial charge in [-0.2, -0.15) is 5.10 Å². The van der Waals surface area contributed by atoms with Gasteiger partial charge in [0.05, 0.1) is 31.5 Å². The van der Waals surface area contributed by atoms with Gasteiger partial charge in [-0.25, -0.2) is 19.0 Å². The molecule has 3 aromatic heterocycles. The third-order valence-corrected chi connectivity index (χ3v) is 6.52. The zero-order chi connectivity index (χ0) is 25.0. The van der Waals surface area contributed by atoms with Crippen LogP contribution in [0.2, 0.25) is 0 Å². The quantitative estimate of drug-likeness (QED) is 0.281. The highest BCUT2D eigenvalue weighted by Gasteiger charge is 2.23. The number of thioether (sulfide) groups is 1. The van der Waals surface area contributed by atoms with Crippen LogP contribution in [0.15, 0.2) is 78.2 Å². The van der Waals surface area contributed by atoms with E-state index in [0.29, 0.717) is 25.4 Å². The van der Waals surface area contributed by atoms with E-state index >= 15 is 0 Å². The van der Waals surface area contributed by atoms with Crippen LogP contribution in [0, 0.1) is 0 Å². The lowest BCUT2D eigenvalue weighted by atomic mass is 9.96. The molecule has 0 aliphatic rings. The van der Waals surface area contributed by atoms with Crippen molar-refractivity contribution >= 4 is 11.8 Å². The van der Waals surface area contributed by atoms with Crippen LogP contribution in [-0.4, -0.2) is 44.8 Å². The molecule has 5 rings (SSSR count). The van der Waals surface area contributed by atoms with E-state index in [2.05, 4.69) is 65.7 Å². The van der Waals surface area contributed by atoms with E-state index in [0.717, 1.165) is 22.4 Å². The van der Waals surface area contributed by atoms with Crippen molar-refractivity contribution in [1.29, 1.82) is 0 Å². The molecular formula is C26H29N9S. The van der Waals surface area contributed by atoms with Crippen molar-refractivity contribution in [3.05, 3.63) is 101 Å². The first-order valence-electron chi connectivity index (χ1n) is 11.9. The van der Waals surface area contributed by atoms with Crippen molar-refractivity contribution in [2.75, 3.05) is 0 Å². The zero-order valence-electron chi connectivity index (χ0n) is 20.7. The van der Waals surface area contributed by atoms with Gasteiger partial charge in [-0.05, 0) is 11.1 Å². The van der Waals surface area contributed by atoms with Crippen LogP contribution in [0.5, 0.6) is 0 Å². The van der Waals surface area contributed by atoms with Crippen molar-refractivity contribution in [3.63, 3.8) is 0 Å². The van der Waals surface area contributed by atoms with Gasteiger partial charge in [0.15, 0.2) is 11.0 Å². The molecule has 0 bridgehead atoms. The van der Waals surface area contributed by atoms with E-state index in [1.165, 1.54) is 11.1 Å². The van der Waals surface area contributed by atoms with E-state index < -0.39 is 0 Å². The Balaban J connectivity index is 1.28. The summed E-state index contributed by atoms with van der Waals surface area (Å²) in [6, 6.07) is 20.5. The van der Waals surface area contributed by atoms with Crippen LogP contribution in [0.3, 0.4) is 0 Å². The molecule has 3 heterocycles. The third kappa shape index (κ3) is 6.06. The largest absolute Gasteiger partial charge is 0.248 e. The average molecular weight is 500 g/mol. The molecule has 36 heavy (non-hydrogen) atoms. The number of hydrogen-bond donors (Lipinski definition) is 0. The Hall–Kier alpha value is -3.79. The molecule has 0 N–H and O–H groups in total. The molecule has 0 unspecified atom stereocenters. The molecule has 0 spiro atoms. The number of hydrogen-bond acceptors (Lipinski definition) is 7. The lowest BCUT2D eigenvalue weighted by molar-refractivity contribution is 0.529. The summed E-state index contributed by atoms with van der Waals surface area (Å²) < 4.78 is 5.63. The Labute approximate surface area is 214 Å². The molecule has 0 saturated heterocycles. The summed E-state index contributed by atoms with van der Waals surface area (Å²) in [4.78, 5) is 4.85. The monoisotopic (exact) mass is 499 g/mol. The molecule has 0 radical (unpaired) electrons. The van der Waals surface area contributed by atoms with E-state index in [1.807, 2.05) is 62.8 Å². The Bertz CT molecular complexity index is 1400. The van der Waals surface area contributed by atoms with Crippen LogP contribution in [-0.2, 0) is 30.8 Å². The molecule has 0 saturated carbocycles. The lowest BCUT2D eigenvalue weighted by Crippen LogP contribution is -2.14. The predicted octanol–water partition coefficient (Wildman–Crippen LogP) is 4.20. The number of aromatic nitrogens is 9. The molecule has 0 atom stereocenters. The minimum absolute atomic E-state index is 0.162. The van der Waals surface area contributed by atoms with Gasteiger partial charge in [-0.1, -0.05) is 104 Å². The molecule has 2 aromatic carbocycles. The van der Waals surface area contributed by atoms with Gasteiger partial charge in [0.2, 0.25) is 0 Å². The summed E-state index contributed by atoms with van der Waals surface area (Å²) in [5.74, 6) is 1.45. The molecule has 5 aromatic rings. The first-order valence-corrected chi connectivity index (χ1v) is 12.8. The normalized spacial score (nSPS) is 11.8. The van der Waals surface area contributed by atoms with Crippen LogP contribution < -0.4 is 0 Å². The van der Waals surface area contributed by atoms with Crippen molar-refractivity contribution in [2.24, 2.45) is 0 Å². The van der Waals surface area contributed by atoms with Gasteiger partial charge in [-0.3, -0.25) is 0 Å². The van der Waals surface area contributed by atoms with Crippen molar-refractivity contribution < 1.29 is 0 Å². The molecular weight excluding hydrogens is 470 g/mol. The zero-order valence-corrected chi connectivity index (χ0v) is 21.5. The van der Waals surface area contributed by atoms with Crippen molar-refractivity contribution in [3.8, 4) is 0 Å². The van der Waals surface area contributed by atoms with E-state index in [1.54, 1.807) is 11.8 Å². The van der Waals surface area contributed by atoms with Gasteiger partial charge >= 0.3 is 0 Å². The standard InChI is InChI=1S/C26H29N9S/c1-26(2,3)24-27-25(36-19-23-17-34(32-29-23)15-21-12-8-5-9-13-21)35(30-24)18-22-16-33(31-28-22)14-20-10-6-4-7-11-20/h4-13,16-17H,14-15,18-19H2,1-3H3. The Kier molecular flexibility index (Phi) is 6.95. The SMILES string of the molecule is CC(C)(C)c1nc(SCc2cn(Cc3ccccc3)nn2)n(Cc2cn(Cc3ccccc3)nn2)n1. The second kappa shape index (κ2) is 10.4. The maximum atomic E-state index is 4.85. The summed E-state index contributed by atoms with van der Waals surface area (Å²) in [5, 5.41) is 22.9. The van der Waals surface area contributed by atoms with Gasteiger partial charge in [0, 0.05) is 17.4 Å². The fourth-order valence-electron chi connectivity index (χ4n) is 3.66. The van der Waals surface area contributed by atoms with Gasteiger partial charge in [-0.15, -0.1) is 10.2 Å². The average Bonchev–Trinajstić information content (AvgIpc) is 3.60. The van der Waals surface area contributed by atoms with E-state index in [9.17, 15) is 0 Å². The minimum atomic E-state index is -0.162. The summed E-state index contributed by atoms with van der Waals surface area (Å²) in [5.41, 5.74) is 3.95. The van der Waals surface area contributed by atoms with Crippen molar-refractivity contribution in [2.45, 2.75) is 56.7 Å². The first kappa shape index (κ1) is 23.9. The summed E-state index contributed by atoms with van der Waals surface area (Å²) in [6.45, 7) is 8.23. The maximum Gasteiger partial charge on any atom is 0.187 e. The molecule has 0 aliphatic heterocycles. The number of nitrogens with zero attached hydrogens (tertiary/aromatic N) is 9. The fourth-order valence-corrected chi connectivity index (χ4v) is 4.47. The van der Waals surface area contributed by atoms with E-state index in [4.69, 9.17) is 10.1 Å². The maximum absolute atomic E-state index is 4.85. The topological polar surface area (TPSA) is 92.1 Å². The van der Waals surface area contributed by atoms with Crippen LogP contribution in [0.4, 0.5) is 0 Å². The smallest absolute Gasteiger partial charge is 0.187 e. The highest BCUT2D eigenvalue weighted by atomic mass is 32.2. The Morgan fingerprint density at radius 1 is 0.722 bits per heavy atom. The van der Waals surface area contributed by atoms with E-state index in [-0.39, 0.29) is 5.41 Å². The summed E-state index contributed by atoms with van der Waals surface area (Å²) in [6.07, 6.45) is 3.95. The van der Waals surface area contributed by atoms with Gasteiger partial charge in [0.25, 0.3) is 0 Å². The van der Waals surface area contributed by atoms with Crippen LogP contribution >= 0.6 is 11.8 Å². The Morgan fingerprint density at radius 3 is 1.86 bits per heavy atom. The molecule has 10 heteroatoms. The molecule has 0 aliphatic carbocycles. The molecule has 0 amide bonds. The number of rotatable bonds is 9. The molecule has 0 fully saturated rings. The number of benzene rings is 2. The predicted molar refractivity (Wildman–Crippen MR) is 139 cm³/mol. The minimum Gasteiger partial charge on any atom is -0.248 e. The van der Waals surface area contributed by atoms with Crippen molar-refractivity contribution in [1.82, 2.24) is 44.8 Å². The van der Waals surface area contributed by atoms with Gasteiger partial charge < -0.3 is 0 Å². The van der Waals surface area contributed by atoms with Gasteiger partial charge in [0.1, 0.15) is 5.69 Å². The summed E-state index contributed by atoms with van der Waals surface area (Å²) >= 11 is 1.60. The highest BCUT2D eigenvalue weighted by molar-refractivity contribution is 7.98. The van der Waals surface area contributed by atoms with Crippen LogP contribution in [0.25, 0.3) is 0 Å². The second-order valence-electron chi connectivity index (χ2n) is 9.70. The van der Waals surface area contributed by atoms with Crippen LogP contribution in [0.1, 0.15) is 49.1 Å². The molecule has 184 valence electrons. The Morgan fingerprint density at radius 2 is 1.28 bits per heavy atom. The summed E-state index contributed by atoms with van der Waals surface area (Å²) in [7, 11) is 0. The second-order valence-corrected chi connectivity index (χ2v) is 10.6. The first-order chi connectivity index (χ1) is 17.4. The fraction of sp³-hybridized carbons (Fsp3) is 0.308. The highest BCUT2D eigenvalue weighted by Crippen LogP contribution is 2.26. The third-order valence-electron chi connectivity index (χ3n) is 5.52. The molecule has 9 nitrogen and oxygen atoms in total. The lowest BCUT2D eigenvalue weighted by Gasteiger charge is -2.12.